The van der Waals surface area contributed by atoms with Crippen molar-refractivity contribution >= 4 is 11.7 Å². The molecule has 2 aromatic carbocycles. The minimum atomic E-state index is -0.0528. The first-order valence-corrected chi connectivity index (χ1v) is 9.97. The van der Waals surface area contributed by atoms with Crippen molar-refractivity contribution in [2.24, 2.45) is 0 Å². The Kier molecular flexibility index (Phi) is 5.74. The quantitative estimate of drug-likeness (QED) is 0.723. The van der Waals surface area contributed by atoms with Crippen LogP contribution in [-0.4, -0.2) is 52.4 Å². The summed E-state index contributed by atoms with van der Waals surface area (Å²) < 4.78 is 7.54. The Balaban J connectivity index is 1.57. The summed E-state index contributed by atoms with van der Waals surface area (Å²) in [6.45, 7) is 5.92. The first-order valence-electron chi connectivity index (χ1n) is 9.97. The molecule has 6 nitrogen and oxygen atoms in total. The number of carbonyl (C=O) groups is 1. The Morgan fingerprint density at radius 2 is 1.66 bits per heavy atom. The van der Waals surface area contributed by atoms with Crippen LogP contribution in [0.1, 0.15) is 13.8 Å². The zero-order chi connectivity index (χ0) is 20.2. The Morgan fingerprint density at radius 1 is 1.03 bits per heavy atom. The van der Waals surface area contributed by atoms with Crippen LogP contribution in [0.25, 0.3) is 16.9 Å². The number of benzene rings is 2. The van der Waals surface area contributed by atoms with Gasteiger partial charge >= 0.3 is 0 Å². The summed E-state index contributed by atoms with van der Waals surface area (Å²) in [5.41, 5.74) is 2.73. The third-order valence-electron chi connectivity index (χ3n) is 4.91. The van der Waals surface area contributed by atoms with Crippen LogP contribution < -0.4 is 5.32 Å². The molecule has 2 unspecified atom stereocenters. The van der Waals surface area contributed by atoms with Crippen molar-refractivity contribution < 1.29 is 9.53 Å². The maximum Gasteiger partial charge on any atom is 0.239 e. The molecule has 1 N–H and O–H groups in total. The minimum absolute atomic E-state index is 0.0528. The molecule has 2 heterocycles. The monoisotopic (exact) mass is 390 g/mol. The number of hydrogen-bond acceptors (Lipinski definition) is 4. The van der Waals surface area contributed by atoms with Gasteiger partial charge < -0.3 is 10.1 Å². The van der Waals surface area contributed by atoms with Crippen LogP contribution in [0.15, 0.2) is 66.7 Å². The van der Waals surface area contributed by atoms with Gasteiger partial charge in [0.05, 0.1) is 30.1 Å². The first kappa shape index (κ1) is 19.4. The second-order valence-electron chi connectivity index (χ2n) is 7.53. The molecule has 0 spiro atoms. The number of ether oxygens (including phenoxy) is 1. The minimum Gasteiger partial charge on any atom is -0.373 e. The second-order valence-corrected chi connectivity index (χ2v) is 7.53. The molecule has 1 saturated heterocycles. The molecule has 1 aliphatic heterocycles. The zero-order valence-electron chi connectivity index (χ0n) is 16.8. The highest BCUT2D eigenvalue weighted by Crippen LogP contribution is 2.24. The molecule has 150 valence electrons. The van der Waals surface area contributed by atoms with Crippen molar-refractivity contribution in [3.8, 4) is 16.9 Å². The number of nitrogens with one attached hydrogen (secondary N) is 1. The van der Waals surface area contributed by atoms with Crippen molar-refractivity contribution in [1.82, 2.24) is 14.7 Å². The lowest BCUT2D eigenvalue weighted by atomic mass is 10.1. The molecule has 29 heavy (non-hydrogen) atoms. The summed E-state index contributed by atoms with van der Waals surface area (Å²) in [5, 5.41) is 7.80. The largest absolute Gasteiger partial charge is 0.373 e. The summed E-state index contributed by atoms with van der Waals surface area (Å²) in [4.78, 5) is 14.9. The topological polar surface area (TPSA) is 59.4 Å². The van der Waals surface area contributed by atoms with E-state index >= 15 is 0 Å². The van der Waals surface area contributed by atoms with Gasteiger partial charge in [0, 0.05) is 24.7 Å². The number of hydrogen-bond donors (Lipinski definition) is 1. The van der Waals surface area contributed by atoms with Crippen LogP contribution in [0.3, 0.4) is 0 Å². The van der Waals surface area contributed by atoms with Gasteiger partial charge in [0.25, 0.3) is 0 Å². The summed E-state index contributed by atoms with van der Waals surface area (Å²) in [5.74, 6) is 0.609. The van der Waals surface area contributed by atoms with Gasteiger partial charge in [-0.1, -0.05) is 48.5 Å². The fraction of sp³-hybridized carbons (Fsp3) is 0.304. The van der Waals surface area contributed by atoms with Crippen LogP contribution in [0.2, 0.25) is 0 Å². The van der Waals surface area contributed by atoms with E-state index in [4.69, 9.17) is 9.84 Å². The highest BCUT2D eigenvalue weighted by Gasteiger charge is 2.24. The number of carbonyl (C=O) groups excluding carboxylic acids is 1. The third kappa shape index (κ3) is 4.72. The van der Waals surface area contributed by atoms with E-state index < -0.39 is 0 Å². The number of anilines is 1. The SMILES string of the molecule is CC1CN(CC(=O)Nc2cc(-c3ccccc3)nn2-c2ccccc2)CC(C)O1. The molecule has 1 fully saturated rings. The number of aromatic nitrogens is 2. The fourth-order valence-corrected chi connectivity index (χ4v) is 3.79. The second kappa shape index (κ2) is 8.59. The van der Waals surface area contributed by atoms with E-state index in [0.29, 0.717) is 12.4 Å². The highest BCUT2D eigenvalue weighted by atomic mass is 16.5. The lowest BCUT2D eigenvalue weighted by Gasteiger charge is -2.34. The fourth-order valence-electron chi connectivity index (χ4n) is 3.79. The van der Waals surface area contributed by atoms with Gasteiger partial charge in [-0.2, -0.15) is 5.10 Å². The molecule has 1 aliphatic rings. The maximum atomic E-state index is 12.8. The molecule has 0 aliphatic carbocycles. The molecule has 0 radical (unpaired) electrons. The number of amides is 1. The van der Waals surface area contributed by atoms with E-state index in [0.717, 1.165) is 30.0 Å². The van der Waals surface area contributed by atoms with Crippen LogP contribution in [0, 0.1) is 0 Å². The first-order chi connectivity index (χ1) is 14.1. The van der Waals surface area contributed by atoms with Crippen molar-refractivity contribution in [3.63, 3.8) is 0 Å². The molecule has 0 bridgehead atoms. The van der Waals surface area contributed by atoms with Crippen molar-refractivity contribution in [3.05, 3.63) is 66.7 Å². The smallest absolute Gasteiger partial charge is 0.239 e. The Labute approximate surface area is 171 Å². The van der Waals surface area contributed by atoms with Gasteiger partial charge in [-0.05, 0) is 26.0 Å². The molecular weight excluding hydrogens is 364 g/mol. The molecule has 4 rings (SSSR count). The van der Waals surface area contributed by atoms with E-state index in [1.54, 1.807) is 4.68 Å². The van der Waals surface area contributed by atoms with Crippen LogP contribution in [0.4, 0.5) is 5.82 Å². The normalized spacial score (nSPS) is 19.8. The number of nitrogens with zero attached hydrogens (tertiary/aromatic N) is 3. The van der Waals surface area contributed by atoms with Crippen LogP contribution in [-0.2, 0) is 9.53 Å². The summed E-state index contributed by atoms with van der Waals surface area (Å²) >= 11 is 0. The van der Waals surface area contributed by atoms with Crippen molar-refractivity contribution in [2.45, 2.75) is 26.1 Å². The standard InChI is InChI=1S/C23H26N4O2/c1-17-14-26(15-18(2)29-17)16-23(28)24-22-13-21(19-9-5-3-6-10-19)25-27(22)20-11-7-4-8-12-20/h3-13,17-18H,14-16H2,1-2H3,(H,24,28). The maximum absolute atomic E-state index is 12.8. The number of morpholine rings is 1. The Hall–Kier alpha value is -2.96. The van der Waals surface area contributed by atoms with Crippen LogP contribution in [0.5, 0.6) is 0 Å². The lowest BCUT2D eigenvalue weighted by Crippen LogP contribution is -2.48. The third-order valence-corrected chi connectivity index (χ3v) is 4.91. The summed E-state index contributed by atoms with van der Waals surface area (Å²) in [6, 6.07) is 21.7. The number of para-hydroxylation sites is 1. The Morgan fingerprint density at radius 3 is 2.31 bits per heavy atom. The van der Waals surface area contributed by atoms with Crippen LogP contribution >= 0.6 is 0 Å². The van der Waals surface area contributed by atoms with E-state index in [9.17, 15) is 4.79 Å². The van der Waals surface area contributed by atoms with E-state index in [2.05, 4.69) is 10.2 Å². The highest BCUT2D eigenvalue weighted by molar-refractivity contribution is 5.92. The predicted octanol–water partition coefficient (Wildman–Crippen LogP) is 3.59. The van der Waals surface area contributed by atoms with E-state index in [1.807, 2.05) is 80.6 Å². The molecule has 2 atom stereocenters. The summed E-state index contributed by atoms with van der Waals surface area (Å²) in [6.07, 6.45) is 0.261. The van der Waals surface area contributed by atoms with Gasteiger partial charge in [0.2, 0.25) is 5.91 Å². The average Bonchev–Trinajstić information content (AvgIpc) is 3.12. The van der Waals surface area contributed by atoms with E-state index in [-0.39, 0.29) is 18.1 Å². The molecule has 1 aromatic heterocycles. The molecule has 0 saturated carbocycles. The molecular formula is C23H26N4O2. The van der Waals surface area contributed by atoms with E-state index in [1.165, 1.54) is 0 Å². The van der Waals surface area contributed by atoms with Gasteiger partial charge in [0.15, 0.2) is 0 Å². The van der Waals surface area contributed by atoms with Gasteiger partial charge in [-0.25, -0.2) is 4.68 Å². The van der Waals surface area contributed by atoms with Gasteiger partial charge in [-0.15, -0.1) is 0 Å². The average molecular weight is 390 g/mol. The molecule has 3 aromatic rings. The number of rotatable bonds is 5. The predicted molar refractivity (Wildman–Crippen MR) is 114 cm³/mol. The lowest BCUT2D eigenvalue weighted by molar-refractivity contribution is -0.121. The molecule has 1 amide bonds. The van der Waals surface area contributed by atoms with Crippen molar-refractivity contribution in [2.75, 3.05) is 25.0 Å². The molecule has 6 heteroatoms. The summed E-state index contributed by atoms with van der Waals surface area (Å²) in [7, 11) is 0. The van der Waals surface area contributed by atoms with Crippen molar-refractivity contribution in [1.29, 1.82) is 0 Å². The Bertz CT molecular complexity index is 946. The zero-order valence-corrected chi connectivity index (χ0v) is 16.8. The van der Waals surface area contributed by atoms with Gasteiger partial charge in [-0.3, -0.25) is 9.69 Å². The van der Waals surface area contributed by atoms with Gasteiger partial charge in [0.1, 0.15) is 5.82 Å².